The average Bonchev–Trinajstić information content (AvgIpc) is 2.12. The van der Waals surface area contributed by atoms with Gasteiger partial charge in [-0.3, -0.25) is 0 Å². The Morgan fingerprint density at radius 1 is 1.33 bits per heavy atom. The van der Waals surface area contributed by atoms with E-state index in [1.54, 1.807) is 0 Å². The molecule has 0 aromatic rings. The lowest BCUT2D eigenvalue weighted by Crippen LogP contribution is -2.40. The highest BCUT2D eigenvalue weighted by atomic mass is 15.1. The molecule has 0 bridgehead atoms. The standard InChI is InChI=1S/C9H19N3/c1-4-11-9(7-10)8-12(5-2)6-3/h9,11H,4-6,8H2,1-3H3. The van der Waals surface area contributed by atoms with Crippen LogP contribution in [0.2, 0.25) is 0 Å². The van der Waals surface area contributed by atoms with Crippen LogP contribution >= 0.6 is 0 Å². The number of rotatable bonds is 6. The van der Waals surface area contributed by atoms with Gasteiger partial charge in [-0.05, 0) is 19.6 Å². The SMILES string of the molecule is CCNC(C#N)CN(CC)CC. The van der Waals surface area contributed by atoms with Crippen LogP contribution in [0.3, 0.4) is 0 Å². The number of likely N-dealkylation sites (N-methyl/N-ethyl adjacent to an activating group) is 2. The third kappa shape index (κ3) is 4.32. The molecular formula is C9H19N3. The molecule has 0 aliphatic heterocycles. The van der Waals surface area contributed by atoms with Gasteiger partial charge in [-0.1, -0.05) is 20.8 Å². The van der Waals surface area contributed by atoms with Crippen LogP contribution in [0.15, 0.2) is 0 Å². The molecule has 1 atom stereocenters. The van der Waals surface area contributed by atoms with E-state index >= 15 is 0 Å². The molecule has 0 rings (SSSR count). The molecule has 0 fully saturated rings. The molecule has 1 unspecified atom stereocenters. The summed E-state index contributed by atoms with van der Waals surface area (Å²) in [6.07, 6.45) is 0. The highest BCUT2D eigenvalue weighted by molar-refractivity contribution is 4.91. The fourth-order valence-corrected chi connectivity index (χ4v) is 1.14. The van der Waals surface area contributed by atoms with E-state index in [1.165, 1.54) is 0 Å². The van der Waals surface area contributed by atoms with E-state index in [4.69, 9.17) is 5.26 Å². The average molecular weight is 169 g/mol. The minimum atomic E-state index is -0.0186. The van der Waals surface area contributed by atoms with Gasteiger partial charge < -0.3 is 10.2 Å². The molecule has 12 heavy (non-hydrogen) atoms. The monoisotopic (exact) mass is 169 g/mol. The van der Waals surface area contributed by atoms with Gasteiger partial charge in [0.2, 0.25) is 0 Å². The lowest BCUT2D eigenvalue weighted by molar-refractivity contribution is 0.285. The first-order valence-electron chi connectivity index (χ1n) is 4.63. The van der Waals surface area contributed by atoms with E-state index in [9.17, 15) is 0 Å². The van der Waals surface area contributed by atoms with Crippen LogP contribution in [0.1, 0.15) is 20.8 Å². The van der Waals surface area contributed by atoms with Crippen molar-refractivity contribution in [2.75, 3.05) is 26.2 Å². The summed E-state index contributed by atoms with van der Waals surface area (Å²) < 4.78 is 0. The Morgan fingerprint density at radius 3 is 2.25 bits per heavy atom. The molecule has 0 aromatic heterocycles. The van der Waals surface area contributed by atoms with Gasteiger partial charge in [-0.2, -0.15) is 5.26 Å². The second-order valence-electron chi connectivity index (χ2n) is 2.73. The molecule has 0 saturated heterocycles. The van der Waals surface area contributed by atoms with Crippen LogP contribution in [0.5, 0.6) is 0 Å². The molecule has 3 nitrogen and oxygen atoms in total. The number of nitrogens with one attached hydrogen (secondary N) is 1. The Balaban J connectivity index is 3.76. The van der Waals surface area contributed by atoms with Crippen LogP contribution in [-0.4, -0.2) is 37.1 Å². The summed E-state index contributed by atoms with van der Waals surface area (Å²) in [5.74, 6) is 0. The molecule has 0 saturated carbocycles. The molecule has 1 N–H and O–H groups in total. The van der Waals surface area contributed by atoms with E-state index in [1.807, 2.05) is 6.92 Å². The molecule has 0 aliphatic rings. The van der Waals surface area contributed by atoms with Crippen molar-refractivity contribution in [1.29, 1.82) is 5.26 Å². The Kier molecular flexibility index (Phi) is 6.73. The van der Waals surface area contributed by atoms with Crippen LogP contribution in [0, 0.1) is 11.3 Å². The summed E-state index contributed by atoms with van der Waals surface area (Å²) in [6.45, 7) is 9.97. The second kappa shape index (κ2) is 7.08. The predicted octanol–water partition coefficient (Wildman–Crippen LogP) is 0.830. The zero-order valence-corrected chi connectivity index (χ0v) is 8.30. The Hall–Kier alpha value is -0.590. The molecule has 0 heterocycles. The largest absolute Gasteiger partial charge is 0.301 e. The lowest BCUT2D eigenvalue weighted by Gasteiger charge is -2.21. The molecule has 0 radical (unpaired) electrons. The Labute approximate surface area is 75.4 Å². The predicted molar refractivity (Wildman–Crippen MR) is 50.9 cm³/mol. The van der Waals surface area contributed by atoms with Crippen molar-refractivity contribution < 1.29 is 0 Å². The number of hydrogen-bond acceptors (Lipinski definition) is 3. The maximum atomic E-state index is 8.76. The number of nitrogens with zero attached hydrogens (tertiary/aromatic N) is 2. The lowest BCUT2D eigenvalue weighted by atomic mass is 10.3. The van der Waals surface area contributed by atoms with Crippen molar-refractivity contribution in [2.45, 2.75) is 26.8 Å². The molecule has 0 spiro atoms. The highest BCUT2D eigenvalue weighted by Crippen LogP contribution is 1.90. The molecule has 0 amide bonds. The quantitative estimate of drug-likeness (QED) is 0.640. The summed E-state index contributed by atoms with van der Waals surface area (Å²) in [7, 11) is 0. The van der Waals surface area contributed by atoms with E-state index in [2.05, 4.69) is 30.1 Å². The normalized spacial score (nSPS) is 12.9. The maximum Gasteiger partial charge on any atom is 0.108 e. The Morgan fingerprint density at radius 2 is 1.92 bits per heavy atom. The van der Waals surface area contributed by atoms with Crippen molar-refractivity contribution in [3.8, 4) is 6.07 Å². The van der Waals surface area contributed by atoms with Crippen LogP contribution < -0.4 is 5.32 Å². The molecule has 70 valence electrons. The van der Waals surface area contributed by atoms with Crippen molar-refractivity contribution in [1.82, 2.24) is 10.2 Å². The van der Waals surface area contributed by atoms with Crippen molar-refractivity contribution in [2.24, 2.45) is 0 Å². The molecule has 0 aromatic carbocycles. The van der Waals surface area contributed by atoms with Crippen molar-refractivity contribution in [3.63, 3.8) is 0 Å². The van der Waals surface area contributed by atoms with Crippen molar-refractivity contribution >= 4 is 0 Å². The maximum absolute atomic E-state index is 8.76. The number of hydrogen-bond donors (Lipinski definition) is 1. The second-order valence-corrected chi connectivity index (χ2v) is 2.73. The topological polar surface area (TPSA) is 39.1 Å². The zero-order valence-electron chi connectivity index (χ0n) is 8.30. The minimum Gasteiger partial charge on any atom is -0.301 e. The third-order valence-electron chi connectivity index (χ3n) is 1.94. The van der Waals surface area contributed by atoms with Gasteiger partial charge in [0.25, 0.3) is 0 Å². The van der Waals surface area contributed by atoms with E-state index < -0.39 is 0 Å². The third-order valence-corrected chi connectivity index (χ3v) is 1.94. The first-order valence-corrected chi connectivity index (χ1v) is 4.63. The first kappa shape index (κ1) is 11.4. The summed E-state index contributed by atoms with van der Waals surface area (Å²) in [5, 5.41) is 11.9. The summed E-state index contributed by atoms with van der Waals surface area (Å²) in [5.41, 5.74) is 0. The summed E-state index contributed by atoms with van der Waals surface area (Å²) in [6, 6.07) is 2.23. The minimum absolute atomic E-state index is 0.0186. The van der Waals surface area contributed by atoms with Gasteiger partial charge in [-0.15, -0.1) is 0 Å². The van der Waals surface area contributed by atoms with Crippen molar-refractivity contribution in [3.05, 3.63) is 0 Å². The highest BCUT2D eigenvalue weighted by Gasteiger charge is 2.08. The zero-order chi connectivity index (χ0) is 9.40. The van der Waals surface area contributed by atoms with Crippen LogP contribution in [0.25, 0.3) is 0 Å². The number of nitriles is 1. The Bertz CT molecular complexity index is 135. The summed E-state index contributed by atoms with van der Waals surface area (Å²) >= 11 is 0. The van der Waals surface area contributed by atoms with Gasteiger partial charge in [0, 0.05) is 6.54 Å². The molecular weight excluding hydrogens is 150 g/mol. The van der Waals surface area contributed by atoms with Crippen LogP contribution in [0.4, 0.5) is 0 Å². The molecule has 3 heteroatoms. The first-order chi connectivity index (χ1) is 5.78. The van der Waals surface area contributed by atoms with Gasteiger partial charge >= 0.3 is 0 Å². The van der Waals surface area contributed by atoms with Gasteiger partial charge in [0.1, 0.15) is 6.04 Å². The van der Waals surface area contributed by atoms with Gasteiger partial charge in [0.15, 0.2) is 0 Å². The molecule has 0 aliphatic carbocycles. The fourth-order valence-electron chi connectivity index (χ4n) is 1.14. The van der Waals surface area contributed by atoms with E-state index in [0.29, 0.717) is 0 Å². The van der Waals surface area contributed by atoms with Gasteiger partial charge in [-0.25, -0.2) is 0 Å². The van der Waals surface area contributed by atoms with Crippen LogP contribution in [-0.2, 0) is 0 Å². The smallest absolute Gasteiger partial charge is 0.108 e. The van der Waals surface area contributed by atoms with E-state index in [-0.39, 0.29) is 6.04 Å². The van der Waals surface area contributed by atoms with E-state index in [0.717, 1.165) is 26.2 Å². The summed E-state index contributed by atoms with van der Waals surface area (Å²) in [4.78, 5) is 2.25. The van der Waals surface area contributed by atoms with Gasteiger partial charge in [0.05, 0.1) is 6.07 Å². The fraction of sp³-hybridized carbons (Fsp3) is 0.889.